The highest BCUT2D eigenvalue weighted by molar-refractivity contribution is 5.94. The van der Waals surface area contributed by atoms with Crippen molar-refractivity contribution in [2.75, 3.05) is 12.4 Å². The molecule has 0 bridgehead atoms. The summed E-state index contributed by atoms with van der Waals surface area (Å²) in [7, 11) is 1.59. The summed E-state index contributed by atoms with van der Waals surface area (Å²) in [6, 6.07) is 9.25. The Labute approximate surface area is 94.8 Å². The summed E-state index contributed by atoms with van der Waals surface area (Å²) in [5, 5.41) is 11.3. The van der Waals surface area contributed by atoms with Crippen molar-refractivity contribution in [2.24, 2.45) is 5.92 Å². The van der Waals surface area contributed by atoms with Gasteiger partial charge in [0.1, 0.15) is 5.92 Å². The van der Waals surface area contributed by atoms with Gasteiger partial charge in [0, 0.05) is 18.4 Å². The summed E-state index contributed by atoms with van der Waals surface area (Å²) in [6.45, 7) is 1.99. The third-order valence-corrected chi connectivity index (χ3v) is 2.16. The predicted octanol–water partition coefficient (Wildman–Crippen LogP) is 1.93. The molecule has 4 nitrogen and oxygen atoms in total. The van der Waals surface area contributed by atoms with Gasteiger partial charge in [0.2, 0.25) is 5.91 Å². The summed E-state index contributed by atoms with van der Waals surface area (Å²) >= 11 is 0. The van der Waals surface area contributed by atoms with Crippen molar-refractivity contribution in [3.05, 3.63) is 29.8 Å². The van der Waals surface area contributed by atoms with Crippen LogP contribution in [0.2, 0.25) is 0 Å². The van der Waals surface area contributed by atoms with Crippen LogP contribution in [0.3, 0.4) is 0 Å². The molecule has 0 radical (unpaired) electrons. The van der Waals surface area contributed by atoms with Crippen molar-refractivity contribution < 1.29 is 9.53 Å². The smallest absolute Gasteiger partial charge is 0.241 e. The largest absolute Gasteiger partial charge is 0.380 e. The summed E-state index contributed by atoms with van der Waals surface area (Å²) in [6.07, 6.45) is 0. The molecule has 84 valence electrons. The Morgan fingerprint density at radius 1 is 1.56 bits per heavy atom. The number of hydrogen-bond acceptors (Lipinski definition) is 3. The third-order valence-electron chi connectivity index (χ3n) is 2.16. The van der Waals surface area contributed by atoms with Crippen LogP contribution in [-0.2, 0) is 16.1 Å². The van der Waals surface area contributed by atoms with Crippen LogP contribution < -0.4 is 5.32 Å². The summed E-state index contributed by atoms with van der Waals surface area (Å²) in [5.74, 6) is -0.957. The maximum Gasteiger partial charge on any atom is 0.241 e. The zero-order chi connectivity index (χ0) is 12.0. The highest BCUT2D eigenvalue weighted by Gasteiger charge is 2.12. The molecule has 1 aromatic rings. The van der Waals surface area contributed by atoms with Crippen LogP contribution in [0.5, 0.6) is 0 Å². The lowest BCUT2D eigenvalue weighted by Crippen LogP contribution is -2.19. The molecule has 4 heteroatoms. The van der Waals surface area contributed by atoms with Gasteiger partial charge in [-0.15, -0.1) is 0 Å². The van der Waals surface area contributed by atoms with E-state index in [4.69, 9.17) is 10.00 Å². The highest BCUT2D eigenvalue weighted by atomic mass is 16.5. The number of ether oxygens (including phenoxy) is 1. The van der Waals surface area contributed by atoms with Gasteiger partial charge < -0.3 is 10.1 Å². The first-order valence-corrected chi connectivity index (χ1v) is 4.96. The number of nitrogens with one attached hydrogen (secondary N) is 1. The van der Waals surface area contributed by atoms with Crippen LogP contribution in [0.15, 0.2) is 24.3 Å². The molecule has 0 fully saturated rings. The molecule has 0 saturated heterocycles. The van der Waals surface area contributed by atoms with Gasteiger partial charge in [0.05, 0.1) is 12.7 Å². The van der Waals surface area contributed by atoms with E-state index in [0.29, 0.717) is 12.3 Å². The van der Waals surface area contributed by atoms with Crippen LogP contribution in [0.1, 0.15) is 12.5 Å². The van der Waals surface area contributed by atoms with Crippen LogP contribution in [-0.4, -0.2) is 13.0 Å². The van der Waals surface area contributed by atoms with E-state index in [2.05, 4.69) is 5.32 Å². The maximum atomic E-state index is 11.5. The number of nitrogens with zero attached hydrogens (tertiary/aromatic N) is 1. The number of anilines is 1. The molecule has 1 amide bonds. The van der Waals surface area contributed by atoms with Crippen LogP contribution >= 0.6 is 0 Å². The Hall–Kier alpha value is -1.86. The van der Waals surface area contributed by atoms with Crippen molar-refractivity contribution in [1.29, 1.82) is 5.26 Å². The minimum atomic E-state index is -0.657. The quantitative estimate of drug-likeness (QED) is 0.839. The normalized spacial score (nSPS) is 11.6. The minimum absolute atomic E-state index is 0.300. The molecule has 0 heterocycles. The van der Waals surface area contributed by atoms with Crippen LogP contribution in [0.4, 0.5) is 5.69 Å². The standard InChI is InChI=1S/C12H14N2O2/c1-9(7-13)12(15)14-11-6-4-3-5-10(11)8-16-2/h3-6,9H,8H2,1-2H3,(H,14,15). The van der Waals surface area contributed by atoms with Crippen molar-refractivity contribution in [2.45, 2.75) is 13.5 Å². The monoisotopic (exact) mass is 218 g/mol. The summed E-state index contributed by atoms with van der Waals surface area (Å²) in [5.41, 5.74) is 1.58. The van der Waals surface area contributed by atoms with Gasteiger partial charge in [-0.2, -0.15) is 5.26 Å². The summed E-state index contributed by atoms with van der Waals surface area (Å²) in [4.78, 5) is 11.5. The van der Waals surface area contributed by atoms with Crippen LogP contribution in [0, 0.1) is 17.2 Å². The Morgan fingerprint density at radius 2 is 2.25 bits per heavy atom. The average Bonchev–Trinajstić information content (AvgIpc) is 2.31. The molecule has 0 aliphatic rings. The second-order valence-electron chi connectivity index (χ2n) is 3.43. The molecule has 0 aliphatic heterocycles. The third kappa shape index (κ3) is 3.07. The number of methoxy groups -OCH3 is 1. The Balaban J connectivity index is 2.81. The molecule has 0 spiro atoms. The van der Waals surface area contributed by atoms with Gasteiger partial charge in [-0.3, -0.25) is 4.79 Å². The van der Waals surface area contributed by atoms with Gasteiger partial charge in [-0.25, -0.2) is 0 Å². The molecular weight excluding hydrogens is 204 g/mol. The van der Waals surface area contributed by atoms with Crippen LogP contribution in [0.25, 0.3) is 0 Å². The zero-order valence-corrected chi connectivity index (χ0v) is 9.36. The average molecular weight is 218 g/mol. The lowest BCUT2D eigenvalue weighted by Gasteiger charge is -2.10. The number of benzene rings is 1. The van der Waals surface area contributed by atoms with Crippen molar-refractivity contribution in [3.63, 3.8) is 0 Å². The lowest BCUT2D eigenvalue weighted by atomic mass is 10.1. The van der Waals surface area contributed by atoms with E-state index < -0.39 is 5.92 Å². The second kappa shape index (κ2) is 5.89. The number of amides is 1. The number of hydrogen-bond donors (Lipinski definition) is 1. The van der Waals surface area contributed by atoms with E-state index in [1.165, 1.54) is 0 Å². The van der Waals surface area contributed by atoms with E-state index in [9.17, 15) is 4.79 Å². The molecule has 1 unspecified atom stereocenters. The van der Waals surface area contributed by atoms with Gasteiger partial charge in [0.15, 0.2) is 0 Å². The van der Waals surface area contributed by atoms with E-state index >= 15 is 0 Å². The van der Waals surface area contributed by atoms with E-state index in [1.54, 1.807) is 20.1 Å². The fourth-order valence-corrected chi connectivity index (χ4v) is 1.22. The molecule has 1 atom stereocenters. The van der Waals surface area contributed by atoms with Gasteiger partial charge >= 0.3 is 0 Å². The Morgan fingerprint density at radius 3 is 2.88 bits per heavy atom. The zero-order valence-electron chi connectivity index (χ0n) is 9.36. The number of rotatable bonds is 4. The summed E-state index contributed by atoms with van der Waals surface area (Å²) < 4.78 is 5.02. The SMILES string of the molecule is COCc1ccccc1NC(=O)C(C)C#N. The van der Waals surface area contributed by atoms with E-state index in [1.807, 2.05) is 24.3 Å². The van der Waals surface area contributed by atoms with Crippen molar-refractivity contribution in [1.82, 2.24) is 0 Å². The number of carbonyl (C=O) groups is 1. The first-order valence-electron chi connectivity index (χ1n) is 4.96. The fourth-order valence-electron chi connectivity index (χ4n) is 1.22. The van der Waals surface area contributed by atoms with E-state index in [0.717, 1.165) is 5.56 Å². The maximum absolute atomic E-state index is 11.5. The fraction of sp³-hybridized carbons (Fsp3) is 0.333. The molecular formula is C12H14N2O2. The van der Waals surface area contributed by atoms with E-state index in [-0.39, 0.29) is 5.91 Å². The molecule has 16 heavy (non-hydrogen) atoms. The number of carbonyl (C=O) groups excluding carboxylic acids is 1. The van der Waals surface area contributed by atoms with Gasteiger partial charge in [-0.1, -0.05) is 18.2 Å². The first kappa shape index (κ1) is 12.2. The molecule has 0 saturated carbocycles. The minimum Gasteiger partial charge on any atom is -0.380 e. The molecule has 0 aliphatic carbocycles. The Kier molecular flexibility index (Phi) is 4.49. The van der Waals surface area contributed by atoms with Crippen molar-refractivity contribution >= 4 is 11.6 Å². The van der Waals surface area contributed by atoms with Crippen molar-refractivity contribution in [3.8, 4) is 6.07 Å². The topological polar surface area (TPSA) is 62.1 Å². The van der Waals surface area contributed by atoms with Gasteiger partial charge in [-0.05, 0) is 13.0 Å². The number of nitriles is 1. The molecule has 1 rings (SSSR count). The lowest BCUT2D eigenvalue weighted by molar-refractivity contribution is -0.117. The second-order valence-corrected chi connectivity index (χ2v) is 3.43. The highest BCUT2D eigenvalue weighted by Crippen LogP contribution is 2.16. The molecule has 1 N–H and O–H groups in total. The Bertz CT molecular complexity index is 410. The first-order chi connectivity index (χ1) is 7.69. The predicted molar refractivity (Wildman–Crippen MR) is 60.6 cm³/mol. The van der Waals surface area contributed by atoms with Gasteiger partial charge in [0.25, 0.3) is 0 Å². The molecule has 1 aromatic carbocycles. The number of para-hydroxylation sites is 1. The molecule has 0 aromatic heterocycles.